The molecule has 0 saturated heterocycles. The van der Waals surface area contributed by atoms with Crippen LogP contribution in [0, 0.1) is 0 Å². The molecule has 0 bridgehead atoms. The maximum atomic E-state index is 12.8. The predicted octanol–water partition coefficient (Wildman–Crippen LogP) is 19.2. The van der Waals surface area contributed by atoms with Crippen LogP contribution in [0.3, 0.4) is 0 Å². The van der Waals surface area contributed by atoms with Gasteiger partial charge in [0.15, 0.2) is 6.10 Å². The van der Waals surface area contributed by atoms with Crippen molar-refractivity contribution in [1.29, 1.82) is 0 Å². The van der Waals surface area contributed by atoms with Crippen molar-refractivity contribution in [2.75, 3.05) is 47.5 Å². The summed E-state index contributed by atoms with van der Waals surface area (Å²) < 4.78 is 34.5. The SMILES string of the molecule is CCCC/C=C\CCCCCCCC(=O)OCC(COP(=O)(O)OCC[N+](C)(C)C)OC(=O)CCCCCCCCCCCCCCCCCCCCCCCCCCC/C=C\C/C=C\CCCCCCC. The third-order valence-electron chi connectivity index (χ3n) is 13.6. The van der Waals surface area contributed by atoms with Gasteiger partial charge < -0.3 is 18.9 Å². The van der Waals surface area contributed by atoms with Crippen LogP contribution in [0.25, 0.3) is 0 Å². The molecule has 0 fully saturated rings. The molecule has 0 spiro atoms. The summed E-state index contributed by atoms with van der Waals surface area (Å²) >= 11 is 0. The second-order valence-corrected chi connectivity index (χ2v) is 23.5. The zero-order valence-corrected chi connectivity index (χ0v) is 49.1. The maximum Gasteiger partial charge on any atom is 0.472 e. The van der Waals surface area contributed by atoms with E-state index in [1.54, 1.807) is 0 Å². The van der Waals surface area contributed by atoms with Crippen LogP contribution in [0.2, 0.25) is 0 Å². The van der Waals surface area contributed by atoms with Gasteiger partial charge in [-0.3, -0.25) is 18.6 Å². The topological polar surface area (TPSA) is 108 Å². The Hall–Kier alpha value is -1.77. The van der Waals surface area contributed by atoms with Crippen molar-refractivity contribution >= 4 is 19.8 Å². The van der Waals surface area contributed by atoms with Gasteiger partial charge in [-0.05, 0) is 64.2 Å². The van der Waals surface area contributed by atoms with Crippen molar-refractivity contribution in [2.24, 2.45) is 0 Å². The normalized spacial score (nSPS) is 13.5. The standard InChI is InChI=1S/C62H118NO8P/c1-6-8-10-12-14-16-18-19-20-21-22-23-24-25-26-27-28-29-30-31-32-33-34-35-36-37-38-39-40-41-42-43-45-47-49-51-53-55-62(65)71-60(59-70-72(66,67)69-57-56-63(3,4)5)58-68-61(64)54-52-50-48-46-44-17-15-13-11-9-7-2/h13,15,18-19,21-22,60H,6-12,14,16-17,20,23-59H2,1-5H3/p+1/b15-13-,19-18-,22-21-. The van der Waals surface area contributed by atoms with Crippen molar-refractivity contribution in [3.63, 3.8) is 0 Å². The molecule has 0 aliphatic carbocycles. The lowest BCUT2D eigenvalue weighted by Crippen LogP contribution is -2.37. The van der Waals surface area contributed by atoms with Gasteiger partial charge in [0.2, 0.25) is 0 Å². The zero-order chi connectivity index (χ0) is 52.7. The first-order valence-corrected chi connectivity index (χ1v) is 32.2. The molecule has 10 heteroatoms. The van der Waals surface area contributed by atoms with Gasteiger partial charge in [-0.1, -0.05) is 256 Å². The molecule has 0 amide bonds. The molecule has 0 aromatic carbocycles. The fourth-order valence-electron chi connectivity index (χ4n) is 8.85. The lowest BCUT2D eigenvalue weighted by atomic mass is 10.0. The molecule has 1 N–H and O–H groups in total. The van der Waals surface area contributed by atoms with Crippen LogP contribution >= 0.6 is 7.82 Å². The number of hydrogen-bond donors (Lipinski definition) is 1. The molecule has 0 radical (unpaired) electrons. The predicted molar refractivity (Wildman–Crippen MR) is 307 cm³/mol. The van der Waals surface area contributed by atoms with E-state index in [0.717, 1.165) is 64.2 Å². The fourth-order valence-corrected chi connectivity index (χ4v) is 9.59. The number of ether oxygens (including phenoxy) is 2. The third kappa shape index (κ3) is 57.5. The van der Waals surface area contributed by atoms with E-state index in [1.807, 2.05) is 21.1 Å². The van der Waals surface area contributed by atoms with E-state index >= 15 is 0 Å². The highest BCUT2D eigenvalue weighted by atomic mass is 31.2. The number of rotatable bonds is 57. The van der Waals surface area contributed by atoms with Crippen LogP contribution in [0.5, 0.6) is 0 Å². The van der Waals surface area contributed by atoms with Gasteiger partial charge in [0, 0.05) is 12.8 Å². The van der Waals surface area contributed by atoms with E-state index in [9.17, 15) is 19.0 Å². The van der Waals surface area contributed by atoms with Gasteiger partial charge in [0.05, 0.1) is 27.7 Å². The monoisotopic (exact) mass is 1040 g/mol. The average molecular weight is 1040 g/mol. The van der Waals surface area contributed by atoms with Crippen LogP contribution in [-0.2, 0) is 32.7 Å². The minimum atomic E-state index is -4.38. The van der Waals surface area contributed by atoms with E-state index in [2.05, 4.69) is 50.3 Å². The van der Waals surface area contributed by atoms with E-state index in [1.165, 1.54) is 199 Å². The van der Waals surface area contributed by atoms with Gasteiger partial charge in [-0.25, -0.2) is 4.57 Å². The van der Waals surface area contributed by atoms with Crippen molar-refractivity contribution < 1.29 is 42.1 Å². The van der Waals surface area contributed by atoms with E-state index in [-0.39, 0.29) is 32.0 Å². The van der Waals surface area contributed by atoms with E-state index in [4.69, 9.17) is 18.5 Å². The highest BCUT2D eigenvalue weighted by Crippen LogP contribution is 2.43. The Morgan fingerprint density at radius 2 is 0.764 bits per heavy atom. The van der Waals surface area contributed by atoms with Crippen LogP contribution in [0.1, 0.15) is 296 Å². The minimum Gasteiger partial charge on any atom is -0.462 e. The molecule has 0 aromatic rings. The average Bonchev–Trinajstić information content (AvgIpc) is 3.34. The Morgan fingerprint density at radius 3 is 1.15 bits per heavy atom. The summed E-state index contributed by atoms with van der Waals surface area (Å²) in [5.74, 6) is -0.797. The number of quaternary nitrogens is 1. The van der Waals surface area contributed by atoms with Crippen molar-refractivity contribution in [1.82, 2.24) is 0 Å². The molecule has 2 unspecified atom stereocenters. The van der Waals surface area contributed by atoms with E-state index < -0.39 is 26.5 Å². The maximum absolute atomic E-state index is 12.8. The quantitative estimate of drug-likeness (QED) is 0.0211. The molecular weight excluding hydrogens is 918 g/mol. The molecule has 0 heterocycles. The van der Waals surface area contributed by atoms with Crippen LogP contribution in [0.15, 0.2) is 36.5 Å². The van der Waals surface area contributed by atoms with Crippen molar-refractivity contribution in [2.45, 2.75) is 302 Å². The second kappa shape index (κ2) is 54.0. The Labute approximate surface area is 446 Å². The molecule has 424 valence electrons. The Bertz CT molecular complexity index is 1310. The number of esters is 2. The number of carbonyl (C=O) groups excluding carboxylic acids is 2. The summed E-state index contributed by atoms with van der Waals surface area (Å²) in [6.07, 6.45) is 66.9. The first-order valence-electron chi connectivity index (χ1n) is 30.7. The molecule has 0 saturated carbocycles. The van der Waals surface area contributed by atoms with Crippen LogP contribution in [0.4, 0.5) is 0 Å². The summed E-state index contributed by atoms with van der Waals surface area (Å²) in [7, 11) is 1.48. The lowest BCUT2D eigenvalue weighted by molar-refractivity contribution is -0.870. The number of hydrogen-bond acceptors (Lipinski definition) is 7. The van der Waals surface area contributed by atoms with E-state index in [0.29, 0.717) is 17.4 Å². The van der Waals surface area contributed by atoms with Gasteiger partial charge in [-0.15, -0.1) is 0 Å². The Morgan fingerprint density at radius 1 is 0.431 bits per heavy atom. The fraction of sp³-hybridized carbons (Fsp3) is 0.871. The summed E-state index contributed by atoms with van der Waals surface area (Å²) in [5, 5.41) is 0. The van der Waals surface area contributed by atoms with Crippen molar-refractivity contribution in [3.05, 3.63) is 36.5 Å². The second-order valence-electron chi connectivity index (χ2n) is 22.1. The third-order valence-corrected chi connectivity index (χ3v) is 14.6. The number of phosphoric ester groups is 1. The van der Waals surface area contributed by atoms with Gasteiger partial charge in [0.25, 0.3) is 0 Å². The van der Waals surface area contributed by atoms with Gasteiger partial charge in [0.1, 0.15) is 19.8 Å². The van der Waals surface area contributed by atoms with Gasteiger partial charge in [-0.2, -0.15) is 0 Å². The summed E-state index contributed by atoms with van der Waals surface area (Å²) in [4.78, 5) is 35.5. The molecule has 0 aliphatic rings. The lowest BCUT2D eigenvalue weighted by Gasteiger charge is -2.24. The Kier molecular flexibility index (Phi) is 52.7. The largest absolute Gasteiger partial charge is 0.472 e. The highest BCUT2D eigenvalue weighted by Gasteiger charge is 2.27. The minimum absolute atomic E-state index is 0.0325. The number of nitrogens with zero attached hydrogens (tertiary/aromatic N) is 1. The number of unbranched alkanes of at least 4 members (excludes halogenated alkanes) is 37. The first-order chi connectivity index (χ1) is 35.0. The summed E-state index contributed by atoms with van der Waals surface area (Å²) in [6.45, 7) is 4.40. The molecule has 0 rings (SSSR count). The van der Waals surface area contributed by atoms with Crippen LogP contribution < -0.4 is 0 Å². The zero-order valence-electron chi connectivity index (χ0n) is 48.2. The molecule has 2 atom stereocenters. The summed E-state index contributed by atoms with van der Waals surface area (Å²) in [5.41, 5.74) is 0. The number of phosphoric acid groups is 1. The number of allylic oxidation sites excluding steroid dienone is 6. The number of carbonyl (C=O) groups is 2. The Balaban J connectivity index is 3.87. The van der Waals surface area contributed by atoms with Crippen LogP contribution in [-0.4, -0.2) is 74.9 Å². The molecule has 0 aliphatic heterocycles. The molecular formula is C62H119NO8P+. The molecule has 72 heavy (non-hydrogen) atoms. The molecule has 0 aromatic heterocycles. The highest BCUT2D eigenvalue weighted by molar-refractivity contribution is 7.47. The first kappa shape index (κ1) is 70.2. The smallest absolute Gasteiger partial charge is 0.462 e. The van der Waals surface area contributed by atoms with Crippen molar-refractivity contribution in [3.8, 4) is 0 Å². The molecule has 9 nitrogen and oxygen atoms in total. The van der Waals surface area contributed by atoms with Gasteiger partial charge >= 0.3 is 19.8 Å². The number of likely N-dealkylation sites (N-methyl/N-ethyl adjacent to an activating group) is 1. The summed E-state index contributed by atoms with van der Waals surface area (Å²) in [6, 6.07) is 0.